The van der Waals surface area contributed by atoms with Crippen LogP contribution in [-0.4, -0.2) is 38.3 Å². The van der Waals surface area contributed by atoms with Gasteiger partial charge in [-0.3, -0.25) is 4.79 Å². The number of amides is 1. The number of halogens is 1. The third kappa shape index (κ3) is 5.37. The van der Waals surface area contributed by atoms with E-state index >= 15 is 0 Å². The van der Waals surface area contributed by atoms with Gasteiger partial charge >= 0.3 is 0 Å². The normalized spacial score (nSPS) is 19.0. The number of hydrogen-bond donors (Lipinski definition) is 1. The molecule has 28 heavy (non-hydrogen) atoms. The highest BCUT2D eigenvalue weighted by Crippen LogP contribution is 2.28. The number of nitrogens with zero attached hydrogens (tertiary/aromatic N) is 1. The molecule has 7 heteroatoms. The molecular formula is C21H29ClN2O3S. The summed E-state index contributed by atoms with van der Waals surface area (Å²) in [4.78, 5) is 12.6. The molecule has 0 radical (unpaired) electrons. The number of hydrogen-bond acceptors (Lipinski definition) is 3. The van der Waals surface area contributed by atoms with Gasteiger partial charge in [0, 0.05) is 25.2 Å². The number of sulfonamides is 1. The van der Waals surface area contributed by atoms with E-state index < -0.39 is 10.0 Å². The maximum Gasteiger partial charge on any atom is 0.251 e. The lowest BCUT2D eigenvalue weighted by Crippen LogP contribution is -2.32. The van der Waals surface area contributed by atoms with Crippen LogP contribution >= 0.6 is 11.6 Å². The molecule has 3 rings (SSSR count). The van der Waals surface area contributed by atoms with Crippen molar-refractivity contribution >= 4 is 27.5 Å². The summed E-state index contributed by atoms with van der Waals surface area (Å²) in [5.41, 5.74) is 1.72. The van der Waals surface area contributed by atoms with E-state index in [0.29, 0.717) is 25.2 Å². The van der Waals surface area contributed by atoms with E-state index in [-0.39, 0.29) is 15.8 Å². The molecule has 1 aromatic rings. The van der Waals surface area contributed by atoms with Gasteiger partial charge in [0.1, 0.15) is 4.90 Å². The molecule has 0 unspecified atom stereocenters. The zero-order chi connectivity index (χ0) is 20.0. The van der Waals surface area contributed by atoms with E-state index in [4.69, 9.17) is 11.6 Å². The maximum absolute atomic E-state index is 13.1. The summed E-state index contributed by atoms with van der Waals surface area (Å²) in [6.45, 7) is 1.57. The Kier molecular flexibility index (Phi) is 7.55. The zero-order valence-corrected chi connectivity index (χ0v) is 17.8. The lowest BCUT2D eigenvalue weighted by molar-refractivity contribution is 0.0954. The highest BCUT2D eigenvalue weighted by Gasteiger charge is 2.28. The first-order chi connectivity index (χ1) is 13.5. The second-order valence-corrected chi connectivity index (χ2v) is 9.89. The summed E-state index contributed by atoms with van der Waals surface area (Å²) in [7, 11) is -3.70. The summed E-state index contributed by atoms with van der Waals surface area (Å²) in [5, 5.41) is 3.06. The molecule has 1 fully saturated rings. The first kappa shape index (κ1) is 21.3. The topological polar surface area (TPSA) is 66.5 Å². The minimum absolute atomic E-state index is 0.0266. The summed E-state index contributed by atoms with van der Waals surface area (Å²) in [6.07, 6.45) is 11.6. The molecule has 0 saturated carbocycles. The smallest absolute Gasteiger partial charge is 0.251 e. The minimum Gasteiger partial charge on any atom is -0.352 e. The predicted molar refractivity (Wildman–Crippen MR) is 112 cm³/mol. The molecule has 0 aromatic heterocycles. The van der Waals surface area contributed by atoms with Crippen LogP contribution in [-0.2, 0) is 10.0 Å². The molecule has 0 spiro atoms. The van der Waals surface area contributed by atoms with Gasteiger partial charge < -0.3 is 5.32 Å². The molecule has 1 amide bonds. The molecule has 1 aliphatic carbocycles. The molecule has 1 N–H and O–H groups in total. The monoisotopic (exact) mass is 424 g/mol. The summed E-state index contributed by atoms with van der Waals surface area (Å²) in [6, 6.07) is 4.50. The Morgan fingerprint density at radius 1 is 1.07 bits per heavy atom. The van der Waals surface area contributed by atoms with Crippen LogP contribution < -0.4 is 5.32 Å². The minimum atomic E-state index is -3.70. The van der Waals surface area contributed by atoms with Gasteiger partial charge in [0.2, 0.25) is 10.0 Å². The first-order valence-electron chi connectivity index (χ1n) is 10.2. The van der Waals surface area contributed by atoms with Crippen LogP contribution in [0.3, 0.4) is 0 Å². The van der Waals surface area contributed by atoms with E-state index in [1.165, 1.54) is 34.9 Å². The summed E-state index contributed by atoms with van der Waals surface area (Å²) < 4.78 is 27.6. The van der Waals surface area contributed by atoms with Crippen molar-refractivity contribution in [1.29, 1.82) is 0 Å². The van der Waals surface area contributed by atoms with E-state index in [1.54, 1.807) is 6.07 Å². The molecule has 5 nitrogen and oxygen atoms in total. The van der Waals surface area contributed by atoms with Gasteiger partial charge in [0.25, 0.3) is 5.91 Å². The van der Waals surface area contributed by atoms with Gasteiger partial charge in [-0.15, -0.1) is 0 Å². The summed E-state index contributed by atoms with van der Waals surface area (Å²) in [5.74, 6) is -0.264. The zero-order valence-electron chi connectivity index (χ0n) is 16.3. The van der Waals surface area contributed by atoms with E-state index in [0.717, 1.165) is 44.9 Å². The number of benzene rings is 1. The molecule has 154 valence electrons. The lowest BCUT2D eigenvalue weighted by Gasteiger charge is -2.21. The molecule has 1 aromatic carbocycles. The van der Waals surface area contributed by atoms with Gasteiger partial charge in [-0.25, -0.2) is 8.42 Å². The largest absolute Gasteiger partial charge is 0.352 e. The third-order valence-electron chi connectivity index (χ3n) is 5.49. The van der Waals surface area contributed by atoms with Gasteiger partial charge in [0.05, 0.1) is 5.02 Å². The number of allylic oxidation sites excluding steroid dienone is 1. The highest BCUT2D eigenvalue weighted by atomic mass is 35.5. The maximum atomic E-state index is 13.1. The van der Waals surface area contributed by atoms with Crippen molar-refractivity contribution in [2.75, 3.05) is 19.6 Å². The fourth-order valence-electron chi connectivity index (χ4n) is 3.83. The number of carbonyl (C=O) groups excluding carboxylic acids is 1. The van der Waals surface area contributed by atoms with Crippen molar-refractivity contribution in [2.45, 2.75) is 62.7 Å². The van der Waals surface area contributed by atoms with Gasteiger partial charge in [-0.05, 0) is 63.1 Å². The Morgan fingerprint density at radius 2 is 1.82 bits per heavy atom. The average molecular weight is 425 g/mol. The van der Waals surface area contributed by atoms with Crippen LogP contribution in [0, 0.1) is 0 Å². The number of carbonyl (C=O) groups is 1. The Balaban J connectivity index is 1.69. The standard InChI is InChI=1S/C21H29ClN2O3S/c22-19-11-10-18(21(25)23-13-12-17-8-4-3-5-9-17)16-20(19)28(26,27)24-14-6-1-2-7-15-24/h8,10-11,16H,1-7,9,12-15H2,(H,23,25). The molecule has 1 saturated heterocycles. The van der Waals surface area contributed by atoms with Crippen molar-refractivity contribution in [2.24, 2.45) is 0 Å². The van der Waals surface area contributed by atoms with Crippen molar-refractivity contribution < 1.29 is 13.2 Å². The van der Waals surface area contributed by atoms with Crippen LogP contribution in [0.15, 0.2) is 34.7 Å². The van der Waals surface area contributed by atoms with Crippen LogP contribution in [0.4, 0.5) is 0 Å². The second-order valence-electron chi connectivity index (χ2n) is 7.58. The molecular weight excluding hydrogens is 396 g/mol. The van der Waals surface area contributed by atoms with Gasteiger partial charge in [0.15, 0.2) is 0 Å². The van der Waals surface area contributed by atoms with Gasteiger partial charge in [-0.2, -0.15) is 4.31 Å². The third-order valence-corrected chi connectivity index (χ3v) is 7.87. The first-order valence-corrected chi connectivity index (χ1v) is 12.1. The molecule has 0 atom stereocenters. The fourth-order valence-corrected chi connectivity index (χ4v) is 5.85. The molecule has 1 heterocycles. The van der Waals surface area contributed by atoms with Crippen LogP contribution in [0.5, 0.6) is 0 Å². The van der Waals surface area contributed by atoms with Gasteiger partial charge in [-0.1, -0.05) is 36.1 Å². The Bertz CT molecular complexity index is 828. The van der Waals surface area contributed by atoms with Crippen molar-refractivity contribution in [3.8, 4) is 0 Å². The Labute approximate surface area is 173 Å². The number of rotatable bonds is 6. The average Bonchev–Trinajstić information content (AvgIpc) is 2.99. The van der Waals surface area contributed by atoms with Crippen molar-refractivity contribution in [1.82, 2.24) is 9.62 Å². The van der Waals surface area contributed by atoms with Crippen molar-refractivity contribution in [3.05, 3.63) is 40.4 Å². The molecule has 2 aliphatic rings. The fraction of sp³-hybridized carbons (Fsp3) is 0.571. The van der Waals surface area contributed by atoms with Crippen LogP contribution in [0.1, 0.15) is 68.1 Å². The van der Waals surface area contributed by atoms with E-state index in [9.17, 15) is 13.2 Å². The molecule has 0 bridgehead atoms. The van der Waals surface area contributed by atoms with Crippen molar-refractivity contribution in [3.63, 3.8) is 0 Å². The Hall–Kier alpha value is -1.37. The molecule has 1 aliphatic heterocycles. The van der Waals surface area contributed by atoms with Crippen LogP contribution in [0.2, 0.25) is 5.02 Å². The number of nitrogens with one attached hydrogen (secondary N) is 1. The van der Waals surface area contributed by atoms with E-state index in [2.05, 4.69) is 11.4 Å². The predicted octanol–water partition coefficient (Wildman–Crippen LogP) is 4.53. The SMILES string of the molecule is O=C(NCCC1=CCCCC1)c1ccc(Cl)c(S(=O)(=O)N2CCCCCC2)c1. The highest BCUT2D eigenvalue weighted by molar-refractivity contribution is 7.89. The summed E-state index contributed by atoms with van der Waals surface area (Å²) >= 11 is 6.21. The lowest BCUT2D eigenvalue weighted by atomic mass is 9.97. The van der Waals surface area contributed by atoms with E-state index in [1.807, 2.05) is 0 Å². The second kappa shape index (κ2) is 9.90. The quantitative estimate of drug-likeness (QED) is 0.682. The van der Waals surface area contributed by atoms with Crippen LogP contribution in [0.25, 0.3) is 0 Å². The Morgan fingerprint density at radius 3 is 2.50 bits per heavy atom.